The molecule has 1 saturated carbocycles. The highest BCUT2D eigenvalue weighted by atomic mass is 32.1. The molecule has 1 heterocycles. The van der Waals surface area contributed by atoms with E-state index in [1.807, 2.05) is 18.2 Å². The predicted molar refractivity (Wildman–Crippen MR) is 68.2 cm³/mol. The Balaban J connectivity index is 1.82. The summed E-state index contributed by atoms with van der Waals surface area (Å²) in [5, 5.41) is 0. The molecule has 1 aliphatic carbocycles. The minimum absolute atomic E-state index is 0.189. The summed E-state index contributed by atoms with van der Waals surface area (Å²) < 4.78 is 0. The van der Waals surface area contributed by atoms with E-state index in [9.17, 15) is 4.79 Å². The minimum Gasteiger partial charge on any atom is -0.298 e. The Bertz CT molecular complexity index is 514. The first-order valence-electron chi connectivity index (χ1n) is 5.77. The number of aromatic nitrogens is 1. The quantitative estimate of drug-likeness (QED) is 0.826. The molecular formula is C14H13NOS. The summed E-state index contributed by atoms with van der Waals surface area (Å²) in [6.45, 7) is 0. The Morgan fingerprint density at radius 3 is 2.65 bits per heavy atom. The molecule has 0 atom stereocenters. The highest BCUT2D eigenvalue weighted by Gasteiger charge is 2.50. The number of hydrogen-bond donors (Lipinski definition) is 0. The number of thiazole rings is 1. The maximum absolute atomic E-state index is 12.4. The van der Waals surface area contributed by atoms with E-state index in [1.165, 1.54) is 5.56 Å². The second kappa shape index (κ2) is 4.08. The molecule has 3 rings (SSSR count). The van der Waals surface area contributed by atoms with Gasteiger partial charge in [0.15, 0.2) is 0 Å². The summed E-state index contributed by atoms with van der Waals surface area (Å²) in [6.07, 6.45) is 4.31. The third-order valence-electron chi connectivity index (χ3n) is 3.43. The van der Waals surface area contributed by atoms with Crippen LogP contribution in [0.25, 0.3) is 0 Å². The molecule has 0 unspecified atom stereocenters. The van der Waals surface area contributed by atoms with Crippen LogP contribution in [0.3, 0.4) is 0 Å². The Morgan fingerprint density at radius 1 is 1.29 bits per heavy atom. The molecule has 86 valence electrons. The van der Waals surface area contributed by atoms with Crippen LogP contribution in [-0.4, -0.2) is 10.8 Å². The number of hydrogen-bond acceptors (Lipinski definition) is 3. The van der Waals surface area contributed by atoms with Gasteiger partial charge in [0.05, 0.1) is 10.9 Å². The zero-order chi connectivity index (χ0) is 11.7. The molecule has 0 saturated heterocycles. The predicted octanol–water partition coefficient (Wildman–Crippen LogP) is 2.99. The summed E-state index contributed by atoms with van der Waals surface area (Å²) >= 11 is 1.56. The number of carbonyl (C=O) groups is 1. The number of Topliss-reactive ketones (excluding diaryl/α,β-unsaturated/α-hetero) is 1. The molecule has 3 heteroatoms. The van der Waals surface area contributed by atoms with Crippen LogP contribution in [-0.2, 0) is 16.6 Å². The fourth-order valence-electron chi connectivity index (χ4n) is 2.27. The molecule has 1 fully saturated rings. The fourth-order valence-corrected chi connectivity index (χ4v) is 2.86. The van der Waals surface area contributed by atoms with E-state index in [2.05, 4.69) is 17.1 Å². The van der Waals surface area contributed by atoms with Crippen LogP contribution in [0.15, 0.2) is 42.0 Å². The lowest BCUT2D eigenvalue weighted by atomic mass is 9.89. The Kier molecular flexibility index (Phi) is 2.56. The largest absolute Gasteiger partial charge is 0.298 e. The first kappa shape index (κ1) is 10.7. The topological polar surface area (TPSA) is 30.0 Å². The molecule has 0 amide bonds. The van der Waals surface area contributed by atoms with Crippen molar-refractivity contribution in [1.29, 1.82) is 0 Å². The Labute approximate surface area is 104 Å². The number of rotatable bonds is 4. The standard InChI is InChI=1S/C14H13NOS/c16-13(8-12-9-15-10-17-12)14(6-7-14)11-4-2-1-3-5-11/h1-5,9-10H,6-8H2. The van der Waals surface area contributed by atoms with Gasteiger partial charge in [0.2, 0.25) is 0 Å². The summed E-state index contributed by atoms with van der Waals surface area (Å²) in [7, 11) is 0. The van der Waals surface area contributed by atoms with Gasteiger partial charge in [0, 0.05) is 17.5 Å². The van der Waals surface area contributed by atoms with Gasteiger partial charge in [-0.15, -0.1) is 11.3 Å². The third kappa shape index (κ3) is 1.91. The molecule has 0 N–H and O–H groups in total. The molecule has 0 bridgehead atoms. The monoisotopic (exact) mass is 243 g/mol. The number of carbonyl (C=O) groups excluding carboxylic acids is 1. The van der Waals surface area contributed by atoms with E-state index in [0.717, 1.165) is 17.7 Å². The molecular weight excluding hydrogens is 230 g/mol. The van der Waals surface area contributed by atoms with E-state index in [4.69, 9.17) is 0 Å². The lowest BCUT2D eigenvalue weighted by Gasteiger charge is -2.13. The van der Waals surface area contributed by atoms with E-state index in [0.29, 0.717) is 12.2 Å². The fraction of sp³-hybridized carbons (Fsp3) is 0.286. The van der Waals surface area contributed by atoms with Crippen molar-refractivity contribution in [2.75, 3.05) is 0 Å². The van der Waals surface area contributed by atoms with Crippen molar-refractivity contribution in [3.8, 4) is 0 Å². The molecule has 2 nitrogen and oxygen atoms in total. The molecule has 0 spiro atoms. The smallest absolute Gasteiger partial charge is 0.148 e. The van der Waals surface area contributed by atoms with Gasteiger partial charge in [-0.2, -0.15) is 0 Å². The Morgan fingerprint density at radius 2 is 2.06 bits per heavy atom. The summed E-state index contributed by atoms with van der Waals surface area (Å²) in [4.78, 5) is 17.5. The lowest BCUT2D eigenvalue weighted by Crippen LogP contribution is -2.22. The van der Waals surface area contributed by atoms with Crippen LogP contribution < -0.4 is 0 Å². The molecule has 0 radical (unpaired) electrons. The highest BCUT2D eigenvalue weighted by Crippen LogP contribution is 2.49. The van der Waals surface area contributed by atoms with Crippen LogP contribution in [0.5, 0.6) is 0 Å². The second-order valence-corrected chi connectivity index (χ2v) is 5.49. The summed E-state index contributed by atoms with van der Waals surface area (Å²) in [5.74, 6) is 0.341. The van der Waals surface area contributed by atoms with Crippen molar-refractivity contribution in [2.45, 2.75) is 24.7 Å². The van der Waals surface area contributed by atoms with Gasteiger partial charge in [-0.25, -0.2) is 0 Å². The number of benzene rings is 1. The van der Waals surface area contributed by atoms with E-state index >= 15 is 0 Å². The van der Waals surface area contributed by atoms with E-state index < -0.39 is 0 Å². The maximum Gasteiger partial charge on any atom is 0.148 e. The van der Waals surface area contributed by atoms with Gasteiger partial charge in [-0.1, -0.05) is 30.3 Å². The minimum atomic E-state index is -0.189. The SMILES string of the molecule is O=C(Cc1cncs1)C1(c2ccccc2)CC1. The van der Waals surface area contributed by atoms with Crippen molar-refractivity contribution in [3.05, 3.63) is 52.5 Å². The maximum atomic E-state index is 12.4. The third-order valence-corrected chi connectivity index (χ3v) is 4.21. The van der Waals surface area contributed by atoms with Crippen LogP contribution in [0.1, 0.15) is 23.3 Å². The number of nitrogens with zero attached hydrogens (tertiary/aromatic N) is 1. The first-order valence-corrected chi connectivity index (χ1v) is 6.65. The molecule has 0 aliphatic heterocycles. The zero-order valence-electron chi connectivity index (χ0n) is 9.43. The molecule has 1 aromatic heterocycles. The number of ketones is 1. The van der Waals surface area contributed by atoms with Crippen molar-refractivity contribution in [2.24, 2.45) is 0 Å². The van der Waals surface area contributed by atoms with Gasteiger partial charge in [0.25, 0.3) is 0 Å². The lowest BCUT2D eigenvalue weighted by molar-refractivity contribution is -0.120. The Hall–Kier alpha value is -1.48. The second-order valence-electron chi connectivity index (χ2n) is 4.52. The van der Waals surface area contributed by atoms with Gasteiger partial charge < -0.3 is 0 Å². The average molecular weight is 243 g/mol. The van der Waals surface area contributed by atoms with Crippen molar-refractivity contribution >= 4 is 17.1 Å². The van der Waals surface area contributed by atoms with Crippen molar-refractivity contribution in [1.82, 2.24) is 4.98 Å². The van der Waals surface area contributed by atoms with Crippen molar-refractivity contribution < 1.29 is 4.79 Å². The van der Waals surface area contributed by atoms with Gasteiger partial charge in [-0.3, -0.25) is 9.78 Å². The summed E-state index contributed by atoms with van der Waals surface area (Å²) in [6, 6.07) is 10.1. The molecule has 1 aliphatic rings. The summed E-state index contributed by atoms with van der Waals surface area (Å²) in [5.41, 5.74) is 2.77. The van der Waals surface area contributed by atoms with Crippen LogP contribution in [0.4, 0.5) is 0 Å². The van der Waals surface area contributed by atoms with Gasteiger partial charge >= 0.3 is 0 Å². The first-order chi connectivity index (χ1) is 8.31. The molecule has 1 aromatic carbocycles. The highest BCUT2D eigenvalue weighted by molar-refractivity contribution is 7.09. The van der Waals surface area contributed by atoms with Gasteiger partial charge in [0.1, 0.15) is 5.78 Å². The van der Waals surface area contributed by atoms with Crippen LogP contribution >= 0.6 is 11.3 Å². The normalized spacial score (nSPS) is 16.7. The average Bonchev–Trinajstić information content (AvgIpc) is 3.04. The van der Waals surface area contributed by atoms with E-state index in [1.54, 1.807) is 23.0 Å². The zero-order valence-corrected chi connectivity index (χ0v) is 10.2. The van der Waals surface area contributed by atoms with E-state index in [-0.39, 0.29) is 5.41 Å². The van der Waals surface area contributed by atoms with Crippen molar-refractivity contribution in [3.63, 3.8) is 0 Å². The van der Waals surface area contributed by atoms with Gasteiger partial charge in [-0.05, 0) is 18.4 Å². The van der Waals surface area contributed by atoms with Crippen LogP contribution in [0, 0.1) is 0 Å². The molecule has 2 aromatic rings. The van der Waals surface area contributed by atoms with Crippen LogP contribution in [0.2, 0.25) is 0 Å². The molecule has 17 heavy (non-hydrogen) atoms.